The molecular formula is C12H17ClN4S. The van der Waals surface area contributed by atoms with Crippen molar-refractivity contribution < 1.29 is 0 Å². The molecule has 2 rings (SSSR count). The Kier molecular flexibility index (Phi) is 4.37. The van der Waals surface area contributed by atoms with Gasteiger partial charge in [-0.25, -0.2) is 4.98 Å². The summed E-state index contributed by atoms with van der Waals surface area (Å²) in [6, 6.07) is -0.115. The van der Waals surface area contributed by atoms with Crippen LogP contribution in [0.5, 0.6) is 0 Å². The third-order valence-corrected chi connectivity index (χ3v) is 4.64. The lowest BCUT2D eigenvalue weighted by Gasteiger charge is -2.11. The predicted octanol–water partition coefficient (Wildman–Crippen LogP) is 2.95. The van der Waals surface area contributed by atoms with Gasteiger partial charge in [-0.2, -0.15) is 5.10 Å². The fourth-order valence-electron chi connectivity index (χ4n) is 1.83. The van der Waals surface area contributed by atoms with Gasteiger partial charge in [0.1, 0.15) is 12.2 Å². The minimum atomic E-state index is -0.115. The Morgan fingerprint density at radius 2 is 2.33 bits per heavy atom. The molecule has 2 heterocycles. The maximum atomic E-state index is 6.23. The maximum Gasteiger partial charge on any atom is 0.138 e. The number of halogens is 1. The highest BCUT2D eigenvalue weighted by Crippen LogP contribution is 2.32. The van der Waals surface area contributed by atoms with E-state index in [2.05, 4.69) is 17.0 Å². The van der Waals surface area contributed by atoms with Crippen LogP contribution in [0, 0.1) is 6.92 Å². The van der Waals surface area contributed by atoms with Gasteiger partial charge < -0.3 is 5.73 Å². The Hall–Kier alpha value is -0.910. The van der Waals surface area contributed by atoms with E-state index in [1.165, 1.54) is 0 Å². The van der Waals surface area contributed by atoms with Gasteiger partial charge >= 0.3 is 0 Å². The quantitative estimate of drug-likeness (QED) is 0.918. The number of thiophene rings is 1. The van der Waals surface area contributed by atoms with Crippen molar-refractivity contribution in [1.29, 1.82) is 0 Å². The second kappa shape index (κ2) is 5.82. The molecule has 0 saturated carbocycles. The van der Waals surface area contributed by atoms with Crippen LogP contribution in [0.25, 0.3) is 0 Å². The summed E-state index contributed by atoms with van der Waals surface area (Å²) in [5, 5.41) is 7.02. The van der Waals surface area contributed by atoms with Crippen molar-refractivity contribution in [3.8, 4) is 0 Å². The molecule has 0 aliphatic rings. The molecule has 0 amide bonds. The Balaban J connectivity index is 2.13. The standard InChI is InChI=1S/C12H17ClN4S/c1-3-4-17-10(15-7-16-17)5-9(14)12-11(13)8(2)6-18-12/h6-7,9H,3-5,14H2,1-2H3. The zero-order chi connectivity index (χ0) is 13.1. The molecule has 0 fully saturated rings. The first kappa shape index (κ1) is 13.5. The molecule has 18 heavy (non-hydrogen) atoms. The summed E-state index contributed by atoms with van der Waals surface area (Å²) in [4.78, 5) is 5.30. The summed E-state index contributed by atoms with van der Waals surface area (Å²) >= 11 is 7.84. The third-order valence-electron chi connectivity index (χ3n) is 2.80. The van der Waals surface area contributed by atoms with Gasteiger partial charge in [0, 0.05) is 23.9 Å². The largest absolute Gasteiger partial charge is 0.323 e. The summed E-state index contributed by atoms with van der Waals surface area (Å²) in [6.45, 7) is 4.98. The summed E-state index contributed by atoms with van der Waals surface area (Å²) in [5.41, 5.74) is 7.30. The predicted molar refractivity (Wildman–Crippen MR) is 75.0 cm³/mol. The molecule has 6 heteroatoms. The van der Waals surface area contributed by atoms with Gasteiger partial charge in [0.25, 0.3) is 0 Å². The third kappa shape index (κ3) is 2.74. The van der Waals surface area contributed by atoms with Gasteiger partial charge in [-0.1, -0.05) is 18.5 Å². The SMILES string of the molecule is CCCn1ncnc1CC(N)c1scc(C)c1Cl. The van der Waals surface area contributed by atoms with E-state index in [0.717, 1.165) is 34.3 Å². The van der Waals surface area contributed by atoms with E-state index < -0.39 is 0 Å². The molecule has 0 saturated heterocycles. The molecule has 98 valence electrons. The first-order chi connectivity index (χ1) is 8.63. The molecule has 2 aromatic rings. The average Bonchev–Trinajstić information content (AvgIpc) is 2.89. The number of hydrogen-bond acceptors (Lipinski definition) is 4. The lowest BCUT2D eigenvalue weighted by Crippen LogP contribution is -2.16. The zero-order valence-electron chi connectivity index (χ0n) is 10.6. The first-order valence-corrected chi connectivity index (χ1v) is 7.25. The number of rotatable bonds is 5. The van der Waals surface area contributed by atoms with Crippen LogP contribution in [-0.2, 0) is 13.0 Å². The minimum Gasteiger partial charge on any atom is -0.323 e. The summed E-state index contributed by atoms with van der Waals surface area (Å²) < 4.78 is 1.91. The number of hydrogen-bond donors (Lipinski definition) is 1. The van der Waals surface area contributed by atoms with Crippen LogP contribution >= 0.6 is 22.9 Å². The molecular weight excluding hydrogens is 268 g/mol. The molecule has 0 aliphatic carbocycles. The highest BCUT2D eigenvalue weighted by Gasteiger charge is 2.17. The minimum absolute atomic E-state index is 0.115. The fourth-order valence-corrected chi connectivity index (χ4v) is 3.17. The van der Waals surface area contributed by atoms with Crippen LogP contribution < -0.4 is 5.73 Å². The van der Waals surface area contributed by atoms with Crippen molar-refractivity contribution in [2.24, 2.45) is 5.73 Å². The van der Waals surface area contributed by atoms with Crippen LogP contribution in [0.1, 0.15) is 35.7 Å². The Labute approximate surface area is 116 Å². The van der Waals surface area contributed by atoms with E-state index in [9.17, 15) is 0 Å². The lowest BCUT2D eigenvalue weighted by atomic mass is 10.1. The van der Waals surface area contributed by atoms with E-state index >= 15 is 0 Å². The van der Waals surface area contributed by atoms with Crippen molar-refractivity contribution in [3.05, 3.63) is 33.0 Å². The second-order valence-corrected chi connectivity index (χ2v) is 5.60. The van der Waals surface area contributed by atoms with Crippen molar-refractivity contribution in [2.75, 3.05) is 0 Å². The van der Waals surface area contributed by atoms with Gasteiger partial charge in [-0.05, 0) is 24.3 Å². The normalized spacial score (nSPS) is 12.9. The molecule has 1 unspecified atom stereocenters. The number of aryl methyl sites for hydroxylation is 2. The molecule has 0 spiro atoms. The van der Waals surface area contributed by atoms with Crippen LogP contribution in [0.4, 0.5) is 0 Å². The highest BCUT2D eigenvalue weighted by atomic mass is 35.5. The monoisotopic (exact) mass is 284 g/mol. The van der Waals surface area contributed by atoms with Crippen molar-refractivity contribution in [2.45, 2.75) is 39.3 Å². The van der Waals surface area contributed by atoms with Gasteiger partial charge in [0.2, 0.25) is 0 Å². The number of aromatic nitrogens is 3. The molecule has 4 nitrogen and oxygen atoms in total. The van der Waals surface area contributed by atoms with Crippen LogP contribution in [0.15, 0.2) is 11.7 Å². The van der Waals surface area contributed by atoms with Crippen molar-refractivity contribution in [1.82, 2.24) is 14.8 Å². The zero-order valence-corrected chi connectivity index (χ0v) is 12.1. The van der Waals surface area contributed by atoms with Crippen molar-refractivity contribution in [3.63, 3.8) is 0 Å². The van der Waals surface area contributed by atoms with E-state index in [1.54, 1.807) is 17.7 Å². The Morgan fingerprint density at radius 1 is 1.56 bits per heavy atom. The van der Waals surface area contributed by atoms with E-state index in [0.29, 0.717) is 6.42 Å². The molecule has 1 atom stereocenters. The van der Waals surface area contributed by atoms with Gasteiger partial charge in [-0.15, -0.1) is 11.3 Å². The molecule has 2 aromatic heterocycles. The molecule has 0 radical (unpaired) electrons. The van der Waals surface area contributed by atoms with Gasteiger partial charge in [0.15, 0.2) is 0 Å². The number of nitrogens with two attached hydrogens (primary N) is 1. The van der Waals surface area contributed by atoms with Crippen LogP contribution in [-0.4, -0.2) is 14.8 Å². The Morgan fingerprint density at radius 3 is 2.94 bits per heavy atom. The van der Waals surface area contributed by atoms with Crippen LogP contribution in [0.3, 0.4) is 0 Å². The van der Waals surface area contributed by atoms with E-state index in [-0.39, 0.29) is 6.04 Å². The number of nitrogens with zero attached hydrogens (tertiary/aromatic N) is 3. The van der Waals surface area contributed by atoms with E-state index in [4.69, 9.17) is 17.3 Å². The maximum absolute atomic E-state index is 6.23. The molecule has 2 N–H and O–H groups in total. The molecule has 0 aliphatic heterocycles. The van der Waals surface area contributed by atoms with Gasteiger partial charge in [-0.3, -0.25) is 4.68 Å². The van der Waals surface area contributed by atoms with Crippen LogP contribution in [0.2, 0.25) is 5.02 Å². The highest BCUT2D eigenvalue weighted by molar-refractivity contribution is 7.10. The van der Waals surface area contributed by atoms with E-state index in [1.807, 2.05) is 17.0 Å². The van der Waals surface area contributed by atoms with Crippen molar-refractivity contribution >= 4 is 22.9 Å². The summed E-state index contributed by atoms with van der Waals surface area (Å²) in [6.07, 6.45) is 3.28. The lowest BCUT2D eigenvalue weighted by molar-refractivity contribution is 0.550. The smallest absolute Gasteiger partial charge is 0.138 e. The fraction of sp³-hybridized carbons (Fsp3) is 0.500. The topological polar surface area (TPSA) is 56.7 Å². The molecule has 0 aromatic carbocycles. The summed E-state index contributed by atoms with van der Waals surface area (Å²) in [7, 11) is 0. The van der Waals surface area contributed by atoms with Gasteiger partial charge in [0.05, 0.1) is 5.02 Å². The Bertz CT molecular complexity index is 520. The molecule has 0 bridgehead atoms. The average molecular weight is 285 g/mol. The first-order valence-electron chi connectivity index (χ1n) is 5.99. The second-order valence-electron chi connectivity index (χ2n) is 4.31. The summed E-state index contributed by atoms with van der Waals surface area (Å²) in [5.74, 6) is 0.923.